The van der Waals surface area contributed by atoms with Gasteiger partial charge in [-0.15, -0.1) is 0 Å². The number of ether oxygens (including phenoxy) is 1. The van der Waals surface area contributed by atoms with E-state index in [0.717, 1.165) is 16.9 Å². The van der Waals surface area contributed by atoms with Gasteiger partial charge in [-0.25, -0.2) is 0 Å². The fraction of sp³-hybridized carbons (Fsp3) is 0.158. The van der Waals surface area contributed by atoms with Gasteiger partial charge < -0.3 is 9.15 Å². The lowest BCUT2D eigenvalue weighted by Gasteiger charge is -2.23. The van der Waals surface area contributed by atoms with E-state index in [-0.39, 0.29) is 12.0 Å². The lowest BCUT2D eigenvalue weighted by molar-refractivity contribution is -0.122. The van der Waals surface area contributed by atoms with Gasteiger partial charge in [0.05, 0.1) is 17.7 Å². The molecule has 1 aromatic heterocycles. The maximum atomic E-state index is 12.7. The van der Waals surface area contributed by atoms with Gasteiger partial charge in [0, 0.05) is 5.56 Å². The molecule has 1 aromatic carbocycles. The first-order valence-corrected chi connectivity index (χ1v) is 9.09. The summed E-state index contributed by atoms with van der Waals surface area (Å²) >= 11 is 6.67. The number of hydrogen-bond acceptors (Lipinski definition) is 5. The first kappa shape index (κ1) is 16.2. The topological polar surface area (TPSA) is 42.7 Å². The number of furan rings is 1. The molecule has 1 amide bonds. The van der Waals surface area contributed by atoms with Crippen LogP contribution in [0, 0.1) is 0 Å². The number of rotatable bonds is 3. The Morgan fingerprint density at radius 1 is 1.28 bits per heavy atom. The number of amides is 1. The molecule has 0 bridgehead atoms. The average molecular weight is 369 g/mol. The van der Waals surface area contributed by atoms with E-state index in [1.54, 1.807) is 17.2 Å². The van der Waals surface area contributed by atoms with Crippen molar-refractivity contribution in [2.75, 3.05) is 0 Å². The number of carbonyl (C=O) groups excluding carboxylic acids is 1. The lowest BCUT2D eigenvalue weighted by Crippen LogP contribution is -2.27. The molecule has 0 unspecified atom stereocenters. The zero-order valence-corrected chi connectivity index (χ0v) is 15.1. The van der Waals surface area contributed by atoms with Gasteiger partial charge in [-0.2, -0.15) is 0 Å². The van der Waals surface area contributed by atoms with Crippen molar-refractivity contribution in [3.8, 4) is 5.75 Å². The second-order valence-corrected chi connectivity index (χ2v) is 7.47. The highest BCUT2D eigenvalue weighted by Crippen LogP contribution is 2.36. The van der Waals surface area contributed by atoms with Gasteiger partial charge in [0.15, 0.2) is 0 Å². The van der Waals surface area contributed by atoms with Crippen molar-refractivity contribution in [3.63, 3.8) is 0 Å². The Kier molecular flexibility index (Phi) is 4.23. The highest BCUT2D eigenvalue weighted by Gasteiger charge is 2.33. The van der Waals surface area contributed by atoms with Crippen LogP contribution in [0.25, 0.3) is 6.08 Å². The molecule has 1 saturated heterocycles. The second kappa shape index (κ2) is 6.54. The summed E-state index contributed by atoms with van der Waals surface area (Å²) in [6.07, 6.45) is 5.40. The number of para-hydroxylation sites is 1. The molecule has 4 nitrogen and oxygen atoms in total. The van der Waals surface area contributed by atoms with E-state index >= 15 is 0 Å². The third kappa shape index (κ3) is 3.15. The molecule has 126 valence electrons. The second-order valence-electron chi connectivity index (χ2n) is 5.79. The molecule has 2 aliphatic heterocycles. The molecule has 2 aromatic rings. The summed E-state index contributed by atoms with van der Waals surface area (Å²) in [7, 11) is 0. The largest absolute Gasteiger partial charge is 0.485 e. The van der Waals surface area contributed by atoms with Crippen molar-refractivity contribution in [1.29, 1.82) is 0 Å². The summed E-state index contributed by atoms with van der Waals surface area (Å²) in [4.78, 5) is 14.9. The zero-order chi connectivity index (χ0) is 17.4. The summed E-state index contributed by atoms with van der Waals surface area (Å²) in [5.41, 5.74) is 1.97. The maximum Gasteiger partial charge on any atom is 0.266 e. The number of benzene rings is 1. The fourth-order valence-corrected chi connectivity index (χ4v) is 4.02. The van der Waals surface area contributed by atoms with E-state index in [1.165, 1.54) is 11.8 Å². The number of carbonyl (C=O) groups is 1. The number of nitrogens with zero attached hydrogens (tertiary/aromatic N) is 1. The monoisotopic (exact) mass is 369 g/mol. The van der Waals surface area contributed by atoms with E-state index in [2.05, 4.69) is 6.08 Å². The molecule has 0 spiro atoms. The fourth-order valence-electron chi connectivity index (χ4n) is 2.77. The molecule has 0 saturated carbocycles. The molecular formula is C19H15NO3S2. The molecule has 25 heavy (non-hydrogen) atoms. The van der Waals surface area contributed by atoms with Crippen molar-refractivity contribution >= 4 is 40.3 Å². The predicted octanol–water partition coefficient (Wildman–Crippen LogP) is 4.39. The van der Waals surface area contributed by atoms with Crippen molar-refractivity contribution in [3.05, 3.63) is 70.5 Å². The Morgan fingerprint density at radius 2 is 2.12 bits per heavy atom. The number of thioether (sulfide) groups is 1. The molecule has 0 N–H and O–H groups in total. The minimum absolute atomic E-state index is 0.0987. The van der Waals surface area contributed by atoms with Gasteiger partial charge in [-0.05, 0) is 42.8 Å². The van der Waals surface area contributed by atoms with Gasteiger partial charge in [-0.3, -0.25) is 9.69 Å². The average Bonchev–Trinajstić information content (AvgIpc) is 3.20. The highest BCUT2D eigenvalue weighted by atomic mass is 32.2. The molecule has 1 atom stereocenters. The third-order valence-corrected chi connectivity index (χ3v) is 5.46. The van der Waals surface area contributed by atoms with Crippen LogP contribution in [0.2, 0.25) is 0 Å². The third-order valence-electron chi connectivity index (χ3n) is 4.08. The summed E-state index contributed by atoms with van der Waals surface area (Å²) in [6, 6.07) is 11.5. The van der Waals surface area contributed by atoms with Crippen molar-refractivity contribution in [1.82, 2.24) is 4.90 Å². The molecule has 2 aliphatic rings. The molecule has 0 radical (unpaired) electrons. The Hall–Kier alpha value is -2.31. The molecule has 3 heterocycles. The lowest BCUT2D eigenvalue weighted by atomic mass is 10.0. The van der Waals surface area contributed by atoms with Gasteiger partial charge in [0.1, 0.15) is 21.9 Å². The van der Waals surface area contributed by atoms with E-state index in [1.807, 2.05) is 43.3 Å². The minimum Gasteiger partial charge on any atom is -0.485 e. The number of thiocarbonyl (C=S) groups is 1. The molecule has 4 rings (SSSR count). The van der Waals surface area contributed by atoms with Crippen LogP contribution in [-0.4, -0.2) is 21.2 Å². The quantitative estimate of drug-likeness (QED) is 0.593. The van der Waals surface area contributed by atoms with E-state index in [9.17, 15) is 4.79 Å². The van der Waals surface area contributed by atoms with Crippen LogP contribution in [0.5, 0.6) is 5.75 Å². The van der Waals surface area contributed by atoms with Crippen LogP contribution in [0.4, 0.5) is 0 Å². The van der Waals surface area contributed by atoms with Crippen LogP contribution >= 0.6 is 24.0 Å². The van der Waals surface area contributed by atoms with Gasteiger partial charge in [-0.1, -0.05) is 42.2 Å². The van der Waals surface area contributed by atoms with Gasteiger partial charge in [0.25, 0.3) is 5.91 Å². The minimum atomic E-state index is -0.122. The molecule has 6 heteroatoms. The van der Waals surface area contributed by atoms with E-state index in [4.69, 9.17) is 21.4 Å². The Labute approximate surface area is 155 Å². The Balaban J connectivity index is 1.60. The van der Waals surface area contributed by atoms with E-state index < -0.39 is 0 Å². The Bertz CT molecular complexity index is 899. The van der Waals surface area contributed by atoms with Crippen molar-refractivity contribution in [2.24, 2.45) is 0 Å². The van der Waals surface area contributed by atoms with Crippen LogP contribution in [0.3, 0.4) is 0 Å². The SMILES string of the molecule is C[C@@H]1Oc2ccccc2C=C1/C=C1\SC(=S)N(Cc2ccco2)C1=O. The zero-order valence-electron chi connectivity index (χ0n) is 13.5. The van der Waals surface area contributed by atoms with Crippen LogP contribution in [0.1, 0.15) is 18.2 Å². The normalized spacial score (nSPS) is 21.3. The highest BCUT2D eigenvalue weighted by molar-refractivity contribution is 8.26. The van der Waals surface area contributed by atoms with Gasteiger partial charge in [0.2, 0.25) is 0 Å². The molecule has 0 aliphatic carbocycles. The molecular weight excluding hydrogens is 354 g/mol. The first-order chi connectivity index (χ1) is 12.1. The smallest absolute Gasteiger partial charge is 0.266 e. The predicted molar refractivity (Wildman–Crippen MR) is 102 cm³/mol. The summed E-state index contributed by atoms with van der Waals surface area (Å²) < 4.78 is 11.8. The van der Waals surface area contributed by atoms with Gasteiger partial charge >= 0.3 is 0 Å². The summed E-state index contributed by atoms with van der Waals surface area (Å²) in [5, 5.41) is 0. The first-order valence-electron chi connectivity index (χ1n) is 7.87. The van der Waals surface area contributed by atoms with Crippen molar-refractivity contribution in [2.45, 2.75) is 19.6 Å². The molecule has 1 fully saturated rings. The number of fused-ring (bicyclic) bond motifs is 1. The standard InChI is InChI=1S/C19H15NO3S2/c1-12-14(9-13-5-2-3-7-16(13)23-12)10-17-18(21)20(19(24)25-17)11-15-6-4-8-22-15/h2-10,12H,11H2,1H3/b17-10-/t12-/m0/s1. The van der Waals surface area contributed by atoms with Crippen molar-refractivity contribution < 1.29 is 13.9 Å². The Morgan fingerprint density at radius 3 is 2.92 bits per heavy atom. The summed E-state index contributed by atoms with van der Waals surface area (Å²) in [5.74, 6) is 1.47. The van der Waals surface area contributed by atoms with Crippen LogP contribution < -0.4 is 4.74 Å². The van der Waals surface area contributed by atoms with Crippen LogP contribution in [0.15, 0.2) is 63.6 Å². The van der Waals surface area contributed by atoms with E-state index in [0.29, 0.717) is 21.5 Å². The summed E-state index contributed by atoms with van der Waals surface area (Å²) in [6.45, 7) is 2.32. The van der Waals surface area contributed by atoms with Crippen LogP contribution in [-0.2, 0) is 11.3 Å². The number of hydrogen-bond donors (Lipinski definition) is 0. The maximum absolute atomic E-state index is 12.7.